The van der Waals surface area contributed by atoms with Crippen molar-refractivity contribution in [2.45, 2.75) is 13.3 Å². The van der Waals surface area contributed by atoms with Crippen LogP contribution in [0.2, 0.25) is 0 Å². The molecule has 8 heteroatoms. The second-order valence-electron chi connectivity index (χ2n) is 4.08. The molecule has 2 aromatic rings. The summed E-state index contributed by atoms with van der Waals surface area (Å²) in [6.07, 6.45) is 2.47. The number of rotatable bonds is 5. The van der Waals surface area contributed by atoms with E-state index in [2.05, 4.69) is 37.9 Å². The zero-order valence-corrected chi connectivity index (χ0v) is 14.9. The third-order valence-corrected chi connectivity index (χ3v) is 4.05. The van der Waals surface area contributed by atoms with Crippen molar-refractivity contribution in [1.82, 2.24) is 14.9 Å². The van der Waals surface area contributed by atoms with Crippen LogP contribution in [0.25, 0.3) is 0 Å². The highest BCUT2D eigenvalue weighted by Gasteiger charge is 2.08. The van der Waals surface area contributed by atoms with Crippen molar-refractivity contribution in [2.24, 2.45) is 5.10 Å². The van der Waals surface area contributed by atoms with Crippen molar-refractivity contribution in [2.75, 3.05) is 14.2 Å². The Morgan fingerprint density at radius 2 is 2.05 bits per heavy atom. The van der Waals surface area contributed by atoms with Gasteiger partial charge in [0.05, 0.1) is 20.4 Å². The molecule has 0 aliphatic heterocycles. The van der Waals surface area contributed by atoms with Crippen LogP contribution in [0.1, 0.15) is 18.3 Å². The van der Waals surface area contributed by atoms with Crippen molar-refractivity contribution < 1.29 is 9.47 Å². The molecule has 1 N–H and O–H groups in total. The number of benzene rings is 1. The third-order valence-electron chi connectivity index (χ3n) is 2.85. The Hall–Kier alpha value is -1.42. The molecule has 0 fully saturated rings. The lowest BCUT2D eigenvalue weighted by Crippen LogP contribution is -1.99. The van der Waals surface area contributed by atoms with Gasteiger partial charge in [-0.1, -0.05) is 6.92 Å². The lowest BCUT2D eigenvalue weighted by molar-refractivity contribution is 0.354. The number of hydrogen-bond donors (Lipinski definition) is 1. The molecule has 1 aromatic heterocycles. The Balaban J connectivity index is 2.41. The Kier molecular flexibility index (Phi) is 5.34. The highest BCUT2D eigenvalue weighted by molar-refractivity contribution is 14.1. The number of aryl methyl sites for hydroxylation is 1. The van der Waals surface area contributed by atoms with Gasteiger partial charge < -0.3 is 9.47 Å². The second-order valence-corrected chi connectivity index (χ2v) is 5.63. The van der Waals surface area contributed by atoms with Crippen LogP contribution in [0.5, 0.6) is 11.5 Å². The number of aromatic nitrogens is 3. The molecule has 0 aliphatic carbocycles. The molecule has 0 radical (unpaired) electrons. The fourth-order valence-corrected chi connectivity index (χ4v) is 2.54. The van der Waals surface area contributed by atoms with Gasteiger partial charge in [-0.05, 0) is 46.9 Å². The van der Waals surface area contributed by atoms with Crippen LogP contribution in [-0.2, 0) is 6.42 Å². The minimum Gasteiger partial charge on any atom is -0.493 e. The van der Waals surface area contributed by atoms with E-state index >= 15 is 0 Å². The molecule has 0 amide bonds. The van der Waals surface area contributed by atoms with E-state index in [0.29, 0.717) is 16.3 Å². The number of hydrogen-bond acceptors (Lipinski definition) is 5. The van der Waals surface area contributed by atoms with Crippen molar-refractivity contribution in [3.63, 3.8) is 0 Å². The maximum Gasteiger partial charge on any atom is 0.216 e. The molecule has 0 atom stereocenters. The molecular weight excluding hydrogens is 403 g/mol. The van der Waals surface area contributed by atoms with Gasteiger partial charge in [-0.25, -0.2) is 0 Å². The zero-order chi connectivity index (χ0) is 15.4. The van der Waals surface area contributed by atoms with Gasteiger partial charge in [0.2, 0.25) is 4.77 Å². The van der Waals surface area contributed by atoms with E-state index in [1.165, 1.54) is 0 Å². The van der Waals surface area contributed by atoms with E-state index < -0.39 is 0 Å². The van der Waals surface area contributed by atoms with E-state index in [-0.39, 0.29) is 0 Å². The summed E-state index contributed by atoms with van der Waals surface area (Å²) in [6.45, 7) is 2.00. The molecule has 0 bridgehead atoms. The van der Waals surface area contributed by atoms with Crippen molar-refractivity contribution in [3.8, 4) is 11.5 Å². The lowest BCUT2D eigenvalue weighted by atomic mass is 10.2. The van der Waals surface area contributed by atoms with Gasteiger partial charge in [-0.3, -0.25) is 5.10 Å². The van der Waals surface area contributed by atoms with Crippen LogP contribution in [0.3, 0.4) is 0 Å². The van der Waals surface area contributed by atoms with E-state index in [9.17, 15) is 0 Å². The average Bonchev–Trinajstić information content (AvgIpc) is 2.85. The summed E-state index contributed by atoms with van der Waals surface area (Å²) in [5, 5.41) is 11.2. The Labute approximate surface area is 141 Å². The first-order valence-corrected chi connectivity index (χ1v) is 7.71. The molecule has 0 saturated heterocycles. The Bertz CT molecular complexity index is 723. The quantitative estimate of drug-likeness (QED) is 0.461. The van der Waals surface area contributed by atoms with Gasteiger partial charge in [0.15, 0.2) is 17.3 Å². The molecule has 0 unspecified atom stereocenters. The number of H-pyrrole nitrogens is 1. The third kappa shape index (κ3) is 3.43. The highest BCUT2D eigenvalue weighted by Crippen LogP contribution is 2.30. The average molecular weight is 418 g/mol. The zero-order valence-electron chi connectivity index (χ0n) is 11.9. The molecule has 0 saturated carbocycles. The first-order valence-electron chi connectivity index (χ1n) is 6.22. The normalized spacial score (nSPS) is 11.0. The first-order chi connectivity index (χ1) is 10.1. The summed E-state index contributed by atoms with van der Waals surface area (Å²) in [5.41, 5.74) is 0.915. The van der Waals surface area contributed by atoms with Gasteiger partial charge in [0.25, 0.3) is 0 Å². The summed E-state index contributed by atoms with van der Waals surface area (Å²) in [5.74, 6) is 2.13. The lowest BCUT2D eigenvalue weighted by Gasteiger charge is -2.09. The van der Waals surface area contributed by atoms with Crippen molar-refractivity contribution >= 4 is 41.0 Å². The van der Waals surface area contributed by atoms with Crippen LogP contribution in [-0.4, -0.2) is 35.3 Å². The molecular formula is C13H15IN4O2S. The molecule has 21 heavy (non-hydrogen) atoms. The molecule has 6 nitrogen and oxygen atoms in total. The second kappa shape index (κ2) is 7.03. The van der Waals surface area contributed by atoms with E-state index in [1.807, 2.05) is 19.1 Å². The van der Waals surface area contributed by atoms with Gasteiger partial charge in [0, 0.05) is 15.6 Å². The molecule has 1 heterocycles. The fourth-order valence-electron chi connectivity index (χ4n) is 1.76. The maximum absolute atomic E-state index is 5.30. The number of halogens is 1. The van der Waals surface area contributed by atoms with Gasteiger partial charge >= 0.3 is 0 Å². The Morgan fingerprint density at radius 3 is 2.67 bits per heavy atom. The number of nitrogens with one attached hydrogen (secondary N) is 1. The SMILES string of the molecule is CCc1n[nH]c(=S)n1/N=C\c1cc(OC)c(OC)cc1I. The largest absolute Gasteiger partial charge is 0.493 e. The summed E-state index contributed by atoms with van der Waals surface area (Å²) >= 11 is 7.38. The predicted molar refractivity (Wildman–Crippen MR) is 92.0 cm³/mol. The van der Waals surface area contributed by atoms with Crippen LogP contribution < -0.4 is 9.47 Å². The van der Waals surface area contributed by atoms with Crippen LogP contribution in [0.4, 0.5) is 0 Å². The van der Waals surface area contributed by atoms with Crippen LogP contribution in [0.15, 0.2) is 17.2 Å². The van der Waals surface area contributed by atoms with Crippen LogP contribution in [0, 0.1) is 8.34 Å². The highest BCUT2D eigenvalue weighted by atomic mass is 127. The molecule has 1 aromatic carbocycles. The summed E-state index contributed by atoms with van der Waals surface area (Å²) in [7, 11) is 3.22. The fraction of sp³-hybridized carbons (Fsp3) is 0.308. The van der Waals surface area contributed by atoms with Crippen LogP contribution >= 0.6 is 34.8 Å². The van der Waals surface area contributed by atoms with E-state index in [0.717, 1.165) is 21.4 Å². The number of nitrogens with zero attached hydrogens (tertiary/aromatic N) is 3. The topological polar surface area (TPSA) is 64.4 Å². The summed E-state index contributed by atoms with van der Waals surface area (Å²) < 4.78 is 13.7. The summed E-state index contributed by atoms with van der Waals surface area (Å²) in [6, 6.07) is 3.77. The summed E-state index contributed by atoms with van der Waals surface area (Å²) in [4.78, 5) is 0. The van der Waals surface area contributed by atoms with Gasteiger partial charge in [-0.15, -0.1) is 0 Å². The number of aromatic amines is 1. The van der Waals surface area contributed by atoms with Gasteiger partial charge in [-0.2, -0.15) is 14.9 Å². The Morgan fingerprint density at radius 1 is 1.38 bits per heavy atom. The minimum atomic E-state index is 0.471. The van der Waals surface area contributed by atoms with Gasteiger partial charge in [0.1, 0.15) is 0 Å². The van der Waals surface area contributed by atoms with Crippen molar-refractivity contribution in [1.29, 1.82) is 0 Å². The minimum absolute atomic E-state index is 0.471. The molecule has 112 valence electrons. The molecule has 0 spiro atoms. The standard InChI is InChI=1S/C13H15IN4O2S/c1-4-12-16-17-13(21)18(12)15-7-8-5-10(19-2)11(20-3)6-9(8)14/h5-7H,4H2,1-3H3,(H,17,21)/b15-7-. The van der Waals surface area contributed by atoms with E-state index in [1.54, 1.807) is 25.1 Å². The number of ether oxygens (including phenoxy) is 2. The predicted octanol–water partition coefficient (Wildman–Crippen LogP) is 3.01. The smallest absolute Gasteiger partial charge is 0.216 e. The maximum atomic E-state index is 5.30. The van der Waals surface area contributed by atoms with Crippen molar-refractivity contribution in [3.05, 3.63) is 31.9 Å². The number of methoxy groups -OCH3 is 2. The monoisotopic (exact) mass is 418 g/mol. The molecule has 0 aliphatic rings. The van der Waals surface area contributed by atoms with E-state index in [4.69, 9.17) is 21.7 Å². The first kappa shape index (κ1) is 16.0. The molecule has 2 rings (SSSR count).